The highest BCUT2D eigenvalue weighted by molar-refractivity contribution is 7.53. The average Bonchev–Trinajstić information content (AvgIpc) is 1.59. The molecular weight excluding hydrogens is 165 g/mol. The van der Waals surface area contributed by atoms with Crippen LogP contribution in [0.2, 0.25) is 0 Å². The van der Waals surface area contributed by atoms with Gasteiger partial charge in [0.05, 0.1) is 6.61 Å². The van der Waals surface area contributed by atoms with E-state index in [-0.39, 0.29) is 6.61 Å². The molecule has 0 radical (unpaired) electrons. The van der Waals surface area contributed by atoms with Crippen molar-refractivity contribution in [3.63, 3.8) is 0 Å². The molecule has 0 unspecified atom stereocenters. The van der Waals surface area contributed by atoms with E-state index in [4.69, 9.17) is 0 Å². The van der Waals surface area contributed by atoms with Crippen LogP contribution >= 0.6 is 7.76 Å². The molecule has 60 valence electrons. The van der Waals surface area contributed by atoms with Gasteiger partial charge in [0.1, 0.15) is 0 Å². The van der Waals surface area contributed by atoms with Crippen molar-refractivity contribution >= 4 is 13.7 Å². The predicted octanol–water partition coefficient (Wildman–Crippen LogP) is 1.68. The molecule has 0 saturated carbocycles. The van der Waals surface area contributed by atoms with E-state index in [2.05, 4.69) is 4.74 Å². The molecule has 0 heterocycles. The average molecular weight is 172 g/mol. The molecule has 0 aliphatic rings. The van der Waals surface area contributed by atoms with Gasteiger partial charge in [-0.3, -0.25) is 4.79 Å². The molecule has 0 rings (SSSR count). The highest BCUT2D eigenvalue weighted by Gasteiger charge is 2.24. The predicted molar refractivity (Wildman–Crippen MR) is 31.3 cm³/mol. The van der Waals surface area contributed by atoms with Crippen molar-refractivity contribution in [2.24, 2.45) is 0 Å². The molecule has 0 aromatic rings. The zero-order valence-electron chi connectivity index (χ0n) is 5.34. The minimum atomic E-state index is -5.23. The maximum absolute atomic E-state index is 11.6. The molecule has 0 fully saturated rings. The fourth-order valence-electron chi connectivity index (χ4n) is 0.357. The fraction of sp³-hybridized carbons (Fsp3) is 0.750. The van der Waals surface area contributed by atoms with Crippen LogP contribution in [0.5, 0.6) is 0 Å². The summed E-state index contributed by atoms with van der Waals surface area (Å²) in [7, 11) is -5.23. The summed E-state index contributed by atoms with van der Waals surface area (Å²) in [5.41, 5.74) is 0. The molecule has 0 saturated heterocycles. The summed E-state index contributed by atoms with van der Waals surface area (Å²) in [5.74, 6) is -1.11. The van der Waals surface area contributed by atoms with Gasteiger partial charge in [0.15, 0.2) is 6.16 Å². The van der Waals surface area contributed by atoms with Crippen LogP contribution in [0.4, 0.5) is 8.39 Å². The molecule has 3 nitrogen and oxygen atoms in total. The summed E-state index contributed by atoms with van der Waals surface area (Å²) in [6, 6.07) is 0. The second-order valence-corrected chi connectivity index (χ2v) is 2.99. The molecular formula is C4H7F2O3P. The van der Waals surface area contributed by atoms with Crippen LogP contribution < -0.4 is 0 Å². The first-order valence-corrected chi connectivity index (χ1v) is 4.27. The molecule has 0 atom stereocenters. The lowest BCUT2D eigenvalue weighted by Crippen LogP contribution is -2.07. The van der Waals surface area contributed by atoms with Crippen molar-refractivity contribution in [3.05, 3.63) is 0 Å². The van der Waals surface area contributed by atoms with Gasteiger partial charge >= 0.3 is 13.7 Å². The lowest BCUT2D eigenvalue weighted by Gasteiger charge is -1.98. The summed E-state index contributed by atoms with van der Waals surface area (Å²) >= 11 is 0. The first-order valence-electron chi connectivity index (χ1n) is 2.59. The summed E-state index contributed by atoms with van der Waals surface area (Å²) in [5, 5.41) is 0. The highest BCUT2D eigenvalue weighted by Crippen LogP contribution is 2.48. The number of halogens is 2. The Hall–Kier alpha value is -0.440. The van der Waals surface area contributed by atoms with Crippen LogP contribution in [0, 0.1) is 0 Å². The Balaban J connectivity index is 3.70. The van der Waals surface area contributed by atoms with Gasteiger partial charge in [-0.1, -0.05) is 0 Å². The zero-order valence-corrected chi connectivity index (χ0v) is 6.24. The van der Waals surface area contributed by atoms with Crippen LogP contribution in [0.25, 0.3) is 0 Å². The number of hydrogen-bond donors (Lipinski definition) is 0. The Morgan fingerprint density at radius 1 is 1.60 bits per heavy atom. The number of esters is 1. The normalized spacial score (nSPS) is 11.1. The van der Waals surface area contributed by atoms with E-state index in [1.807, 2.05) is 0 Å². The van der Waals surface area contributed by atoms with Crippen molar-refractivity contribution in [1.82, 2.24) is 0 Å². The van der Waals surface area contributed by atoms with E-state index in [1.54, 1.807) is 0 Å². The van der Waals surface area contributed by atoms with E-state index in [1.165, 1.54) is 6.92 Å². The van der Waals surface area contributed by atoms with Crippen molar-refractivity contribution in [3.8, 4) is 0 Å². The molecule has 0 aliphatic heterocycles. The van der Waals surface area contributed by atoms with Crippen molar-refractivity contribution in [2.45, 2.75) is 6.92 Å². The second kappa shape index (κ2) is 3.66. The van der Waals surface area contributed by atoms with E-state index in [0.717, 1.165) is 0 Å². The quantitative estimate of drug-likeness (QED) is 0.480. The van der Waals surface area contributed by atoms with Gasteiger partial charge in [-0.25, -0.2) is 4.57 Å². The Labute approximate surface area is 57.0 Å². The molecule has 0 aliphatic carbocycles. The van der Waals surface area contributed by atoms with Gasteiger partial charge in [-0.2, -0.15) is 8.39 Å². The number of carbonyl (C=O) groups excluding carboxylic acids is 1. The van der Waals surface area contributed by atoms with Crippen LogP contribution in [0.1, 0.15) is 6.92 Å². The molecule has 0 aromatic carbocycles. The van der Waals surface area contributed by atoms with Crippen LogP contribution in [0.15, 0.2) is 0 Å². The Morgan fingerprint density at radius 2 is 2.10 bits per heavy atom. The number of rotatable bonds is 3. The Morgan fingerprint density at radius 3 is 2.40 bits per heavy atom. The third kappa shape index (κ3) is 5.69. The minimum absolute atomic E-state index is 0.0266. The largest absolute Gasteiger partial charge is 0.465 e. The third-order valence-corrected chi connectivity index (χ3v) is 1.24. The molecule has 0 N–H and O–H groups in total. The van der Waals surface area contributed by atoms with E-state index in [9.17, 15) is 17.8 Å². The Bertz CT molecular complexity index is 164. The SMILES string of the molecule is CCOC(=O)CP(=O)(F)F. The highest BCUT2D eigenvalue weighted by atomic mass is 31.2. The van der Waals surface area contributed by atoms with Gasteiger partial charge in [0.2, 0.25) is 0 Å². The van der Waals surface area contributed by atoms with Crippen molar-refractivity contribution in [2.75, 3.05) is 12.8 Å². The van der Waals surface area contributed by atoms with Crippen molar-refractivity contribution in [1.29, 1.82) is 0 Å². The third-order valence-electron chi connectivity index (χ3n) is 0.618. The minimum Gasteiger partial charge on any atom is -0.465 e. The van der Waals surface area contributed by atoms with Crippen LogP contribution in [-0.2, 0) is 14.1 Å². The standard InChI is InChI=1S/C4H7F2O3P/c1-2-9-4(7)3-10(5,6)8/h2-3H2,1H3. The maximum Gasteiger partial charge on any atom is 0.413 e. The summed E-state index contributed by atoms with van der Waals surface area (Å²) in [6.07, 6.45) is -1.28. The molecule has 0 aromatic heterocycles. The lowest BCUT2D eigenvalue weighted by atomic mass is 10.8. The van der Waals surface area contributed by atoms with Gasteiger partial charge < -0.3 is 4.74 Å². The Kier molecular flexibility index (Phi) is 3.50. The van der Waals surface area contributed by atoms with Gasteiger partial charge in [-0.05, 0) is 6.92 Å². The second-order valence-electron chi connectivity index (χ2n) is 1.53. The first-order chi connectivity index (χ1) is 4.45. The van der Waals surface area contributed by atoms with Gasteiger partial charge in [-0.15, -0.1) is 0 Å². The lowest BCUT2D eigenvalue weighted by molar-refractivity contribution is -0.140. The van der Waals surface area contributed by atoms with Crippen molar-refractivity contribution < 1.29 is 22.5 Å². The summed E-state index contributed by atoms with van der Waals surface area (Å²) in [4.78, 5) is 10.2. The summed E-state index contributed by atoms with van der Waals surface area (Å²) in [6.45, 7) is 1.51. The monoisotopic (exact) mass is 172 g/mol. The van der Waals surface area contributed by atoms with E-state index >= 15 is 0 Å². The van der Waals surface area contributed by atoms with E-state index in [0.29, 0.717) is 0 Å². The molecule has 6 heteroatoms. The summed E-state index contributed by atoms with van der Waals surface area (Å²) < 4.78 is 36.9. The number of carbonyl (C=O) groups is 1. The zero-order chi connectivity index (χ0) is 8.20. The molecule has 0 spiro atoms. The topological polar surface area (TPSA) is 43.4 Å². The van der Waals surface area contributed by atoms with Gasteiger partial charge in [0.25, 0.3) is 0 Å². The van der Waals surface area contributed by atoms with Crippen LogP contribution in [0.3, 0.4) is 0 Å². The van der Waals surface area contributed by atoms with Gasteiger partial charge in [0, 0.05) is 0 Å². The maximum atomic E-state index is 11.6. The van der Waals surface area contributed by atoms with Crippen LogP contribution in [-0.4, -0.2) is 18.7 Å². The fourth-order valence-corrected chi connectivity index (χ4v) is 0.749. The first kappa shape index (κ1) is 9.56. The smallest absolute Gasteiger partial charge is 0.413 e. The van der Waals surface area contributed by atoms with E-state index < -0.39 is 19.9 Å². The molecule has 0 amide bonds. The molecule has 0 bridgehead atoms. The molecule has 10 heavy (non-hydrogen) atoms. The number of ether oxygens (including phenoxy) is 1. The number of hydrogen-bond acceptors (Lipinski definition) is 3.